The van der Waals surface area contributed by atoms with E-state index in [2.05, 4.69) is 31.4 Å². The lowest BCUT2D eigenvalue weighted by Crippen LogP contribution is -2.25. The van der Waals surface area contributed by atoms with Gasteiger partial charge in [-0.15, -0.1) is 0 Å². The minimum atomic E-state index is -0.462. The van der Waals surface area contributed by atoms with Gasteiger partial charge >= 0.3 is 0 Å². The Bertz CT molecular complexity index is 978. The molecule has 1 aromatic carbocycles. The van der Waals surface area contributed by atoms with Crippen molar-refractivity contribution in [3.8, 4) is 0 Å². The molecule has 3 rings (SSSR count). The van der Waals surface area contributed by atoms with Crippen LogP contribution in [-0.4, -0.2) is 25.5 Å². The molecule has 2 aromatic heterocycles. The summed E-state index contributed by atoms with van der Waals surface area (Å²) in [5.41, 5.74) is 3.12. The standard InChI is InChI=1S/C18H18BrCl2N5O/c1-10-17(19)11(2)26(24-10)12(3)18(27)23-13-7-22-25(8-13)9-14-15(20)5-4-6-16(14)21/h4-8,12H,9H2,1-3H3,(H,23,27). The predicted molar refractivity (Wildman–Crippen MR) is 111 cm³/mol. The average molecular weight is 471 g/mol. The molecule has 1 amide bonds. The number of carbonyl (C=O) groups excluding carboxylic acids is 1. The zero-order valence-electron chi connectivity index (χ0n) is 15.0. The van der Waals surface area contributed by atoms with Gasteiger partial charge in [0.1, 0.15) is 6.04 Å². The lowest BCUT2D eigenvalue weighted by Gasteiger charge is -2.13. The number of hydrogen-bond donors (Lipinski definition) is 1. The van der Waals surface area contributed by atoms with Crippen LogP contribution >= 0.6 is 39.1 Å². The second-order valence-corrected chi connectivity index (χ2v) is 7.83. The maximum atomic E-state index is 12.6. The van der Waals surface area contributed by atoms with Crippen molar-refractivity contribution in [3.05, 3.63) is 62.1 Å². The Morgan fingerprint density at radius 1 is 1.30 bits per heavy atom. The Balaban J connectivity index is 1.72. The quantitative estimate of drug-likeness (QED) is 0.569. The Hall–Kier alpha value is -1.83. The first-order valence-electron chi connectivity index (χ1n) is 8.25. The SMILES string of the molecule is Cc1nn(C(C)C(=O)Nc2cnn(Cc3c(Cl)cccc3Cl)c2)c(C)c1Br. The summed E-state index contributed by atoms with van der Waals surface area (Å²) in [5, 5.41) is 12.7. The largest absolute Gasteiger partial charge is 0.322 e. The molecule has 0 saturated carbocycles. The topological polar surface area (TPSA) is 64.7 Å². The van der Waals surface area contributed by atoms with Gasteiger partial charge in [0.15, 0.2) is 0 Å². The maximum Gasteiger partial charge on any atom is 0.249 e. The Kier molecular flexibility index (Phi) is 5.93. The summed E-state index contributed by atoms with van der Waals surface area (Å²) in [6.45, 7) is 6.02. The molecular formula is C18H18BrCl2N5O. The summed E-state index contributed by atoms with van der Waals surface area (Å²) in [5.74, 6) is -0.177. The molecule has 1 unspecified atom stereocenters. The van der Waals surface area contributed by atoms with Gasteiger partial charge in [-0.25, -0.2) is 0 Å². The van der Waals surface area contributed by atoms with E-state index in [-0.39, 0.29) is 5.91 Å². The monoisotopic (exact) mass is 469 g/mol. The van der Waals surface area contributed by atoms with Crippen LogP contribution in [0.15, 0.2) is 35.1 Å². The Morgan fingerprint density at radius 3 is 2.56 bits per heavy atom. The molecule has 0 aliphatic heterocycles. The number of aryl methyl sites for hydroxylation is 1. The molecule has 0 bridgehead atoms. The first-order chi connectivity index (χ1) is 12.8. The van der Waals surface area contributed by atoms with Crippen LogP contribution in [0.25, 0.3) is 0 Å². The summed E-state index contributed by atoms with van der Waals surface area (Å²) in [7, 11) is 0. The van der Waals surface area contributed by atoms with E-state index in [4.69, 9.17) is 23.2 Å². The number of nitrogens with one attached hydrogen (secondary N) is 1. The summed E-state index contributed by atoms with van der Waals surface area (Å²) in [4.78, 5) is 12.6. The molecule has 3 aromatic rings. The van der Waals surface area contributed by atoms with E-state index in [1.54, 1.807) is 46.9 Å². The fourth-order valence-electron chi connectivity index (χ4n) is 2.74. The van der Waals surface area contributed by atoms with Crippen molar-refractivity contribution in [3.63, 3.8) is 0 Å². The number of nitrogens with zero attached hydrogens (tertiary/aromatic N) is 4. The summed E-state index contributed by atoms with van der Waals surface area (Å²) >= 11 is 15.9. The van der Waals surface area contributed by atoms with Crippen molar-refractivity contribution in [2.45, 2.75) is 33.4 Å². The zero-order valence-corrected chi connectivity index (χ0v) is 18.1. The highest BCUT2D eigenvalue weighted by Crippen LogP contribution is 2.26. The van der Waals surface area contributed by atoms with Gasteiger partial charge in [-0.1, -0.05) is 29.3 Å². The fraction of sp³-hybridized carbons (Fsp3) is 0.278. The summed E-state index contributed by atoms with van der Waals surface area (Å²) in [6, 6.07) is 4.89. The molecule has 0 saturated heterocycles. The molecule has 27 heavy (non-hydrogen) atoms. The third-order valence-electron chi connectivity index (χ3n) is 4.27. The smallest absolute Gasteiger partial charge is 0.249 e. The first kappa shape index (κ1) is 19.9. The number of benzene rings is 1. The van der Waals surface area contributed by atoms with Crippen molar-refractivity contribution in [1.29, 1.82) is 0 Å². The minimum absolute atomic E-state index is 0.177. The van der Waals surface area contributed by atoms with Gasteiger partial charge in [-0.3, -0.25) is 14.2 Å². The Labute approximate surface area is 175 Å². The van der Waals surface area contributed by atoms with Crippen LogP contribution in [0.2, 0.25) is 10.0 Å². The van der Waals surface area contributed by atoms with Gasteiger partial charge in [0.25, 0.3) is 0 Å². The third-order valence-corrected chi connectivity index (χ3v) is 6.12. The molecule has 1 atom stereocenters. The van der Waals surface area contributed by atoms with Crippen LogP contribution in [0.5, 0.6) is 0 Å². The predicted octanol–water partition coefficient (Wildman–Crippen LogP) is 5.01. The van der Waals surface area contributed by atoms with Crippen LogP contribution < -0.4 is 5.32 Å². The van der Waals surface area contributed by atoms with Crippen molar-refractivity contribution in [2.75, 3.05) is 5.32 Å². The number of carbonyl (C=O) groups is 1. The number of hydrogen-bond acceptors (Lipinski definition) is 3. The maximum absolute atomic E-state index is 12.6. The number of amides is 1. The number of aromatic nitrogens is 4. The van der Waals surface area contributed by atoms with Crippen LogP contribution in [0.4, 0.5) is 5.69 Å². The number of anilines is 1. The minimum Gasteiger partial charge on any atom is -0.322 e. The number of rotatable bonds is 5. The van der Waals surface area contributed by atoms with Gasteiger partial charge in [0, 0.05) is 21.8 Å². The lowest BCUT2D eigenvalue weighted by atomic mass is 10.2. The van der Waals surface area contributed by atoms with Crippen molar-refractivity contribution < 1.29 is 4.79 Å². The van der Waals surface area contributed by atoms with E-state index >= 15 is 0 Å². The molecule has 0 fully saturated rings. The van der Waals surface area contributed by atoms with Crippen molar-refractivity contribution in [2.24, 2.45) is 0 Å². The Morgan fingerprint density at radius 2 is 1.96 bits per heavy atom. The molecule has 0 aliphatic carbocycles. The molecule has 9 heteroatoms. The van der Waals surface area contributed by atoms with Gasteiger partial charge in [-0.05, 0) is 48.8 Å². The van der Waals surface area contributed by atoms with E-state index in [9.17, 15) is 4.79 Å². The summed E-state index contributed by atoms with van der Waals surface area (Å²) < 4.78 is 4.28. The van der Waals surface area contributed by atoms with E-state index in [1.165, 1.54) is 0 Å². The third kappa shape index (κ3) is 4.20. The molecule has 6 nitrogen and oxygen atoms in total. The molecule has 2 heterocycles. The average Bonchev–Trinajstić information content (AvgIpc) is 3.17. The molecule has 0 aliphatic rings. The van der Waals surface area contributed by atoms with Crippen molar-refractivity contribution >= 4 is 50.7 Å². The van der Waals surface area contributed by atoms with Gasteiger partial charge < -0.3 is 5.32 Å². The highest BCUT2D eigenvalue weighted by Gasteiger charge is 2.21. The van der Waals surface area contributed by atoms with E-state index in [1.807, 2.05) is 13.8 Å². The second kappa shape index (κ2) is 8.04. The van der Waals surface area contributed by atoms with Crippen LogP contribution in [0.1, 0.15) is 29.9 Å². The molecule has 1 N–H and O–H groups in total. The van der Waals surface area contributed by atoms with Gasteiger partial charge in [-0.2, -0.15) is 10.2 Å². The lowest BCUT2D eigenvalue weighted by molar-refractivity contribution is -0.119. The number of halogens is 3. The van der Waals surface area contributed by atoms with Gasteiger partial charge in [0.2, 0.25) is 5.91 Å². The van der Waals surface area contributed by atoms with E-state index in [0.717, 1.165) is 21.4 Å². The normalized spacial score (nSPS) is 12.2. The van der Waals surface area contributed by atoms with E-state index < -0.39 is 6.04 Å². The second-order valence-electron chi connectivity index (χ2n) is 6.22. The molecule has 0 radical (unpaired) electrons. The van der Waals surface area contributed by atoms with Crippen LogP contribution in [0, 0.1) is 13.8 Å². The van der Waals surface area contributed by atoms with Crippen molar-refractivity contribution in [1.82, 2.24) is 19.6 Å². The molecule has 142 valence electrons. The van der Waals surface area contributed by atoms with Crippen LogP contribution in [0.3, 0.4) is 0 Å². The highest BCUT2D eigenvalue weighted by molar-refractivity contribution is 9.10. The fourth-order valence-corrected chi connectivity index (χ4v) is 3.52. The van der Waals surface area contributed by atoms with Gasteiger partial charge in [0.05, 0.1) is 34.3 Å². The van der Waals surface area contributed by atoms with E-state index in [0.29, 0.717) is 22.3 Å². The highest BCUT2D eigenvalue weighted by atomic mass is 79.9. The zero-order chi connectivity index (χ0) is 19.7. The summed E-state index contributed by atoms with van der Waals surface area (Å²) in [6.07, 6.45) is 3.33. The molecule has 0 spiro atoms. The molecular weight excluding hydrogens is 453 g/mol. The van der Waals surface area contributed by atoms with Crippen LogP contribution in [-0.2, 0) is 11.3 Å². The first-order valence-corrected chi connectivity index (χ1v) is 9.80.